The third-order valence-corrected chi connectivity index (χ3v) is 5.55. The Morgan fingerprint density at radius 1 is 1.19 bits per heavy atom. The summed E-state index contributed by atoms with van der Waals surface area (Å²) in [6, 6.07) is 3.00. The van der Waals surface area contributed by atoms with Crippen LogP contribution in [-0.2, 0) is 10.0 Å². The van der Waals surface area contributed by atoms with Crippen molar-refractivity contribution >= 4 is 26.0 Å². The molecule has 8 heteroatoms. The molecule has 0 saturated carbocycles. The van der Waals surface area contributed by atoms with E-state index in [1.54, 1.807) is 6.07 Å². The van der Waals surface area contributed by atoms with Gasteiger partial charge in [0, 0.05) is 12.1 Å². The van der Waals surface area contributed by atoms with Gasteiger partial charge in [0.25, 0.3) is 0 Å². The topological polar surface area (TPSA) is 76.7 Å². The molecule has 1 aliphatic rings. The average molecular weight is 379 g/mol. The normalized spacial score (nSPS) is 16.7. The van der Waals surface area contributed by atoms with E-state index in [0.717, 1.165) is 25.9 Å². The molecule has 2 N–H and O–H groups in total. The highest BCUT2D eigenvalue weighted by atomic mass is 79.9. The molecular formula is C13H19BrN2O4S. The van der Waals surface area contributed by atoms with Crippen molar-refractivity contribution in [2.75, 3.05) is 27.3 Å². The van der Waals surface area contributed by atoms with Gasteiger partial charge in [0.05, 0.1) is 18.7 Å². The van der Waals surface area contributed by atoms with Crippen molar-refractivity contribution in [1.82, 2.24) is 10.0 Å². The van der Waals surface area contributed by atoms with Crippen LogP contribution in [0.25, 0.3) is 0 Å². The Balaban J connectivity index is 2.32. The molecule has 118 valence electrons. The second-order valence-electron chi connectivity index (χ2n) is 4.78. The van der Waals surface area contributed by atoms with E-state index in [0.29, 0.717) is 10.2 Å². The maximum absolute atomic E-state index is 12.6. The maximum Gasteiger partial charge on any atom is 0.244 e. The summed E-state index contributed by atoms with van der Waals surface area (Å²) in [6.07, 6.45) is 1.55. The molecule has 0 unspecified atom stereocenters. The molecule has 1 aromatic carbocycles. The van der Waals surface area contributed by atoms with Gasteiger partial charge >= 0.3 is 0 Å². The second kappa shape index (κ2) is 6.95. The zero-order valence-corrected chi connectivity index (χ0v) is 14.4. The molecule has 1 aromatic rings. The minimum absolute atomic E-state index is 0.0539. The van der Waals surface area contributed by atoms with E-state index in [1.807, 2.05) is 0 Å². The van der Waals surface area contributed by atoms with Crippen molar-refractivity contribution in [3.63, 3.8) is 0 Å². The molecule has 0 radical (unpaired) electrons. The quantitative estimate of drug-likeness (QED) is 0.811. The van der Waals surface area contributed by atoms with Crippen LogP contribution >= 0.6 is 15.9 Å². The predicted octanol–water partition coefficient (Wildman–Crippen LogP) is 1.50. The molecule has 2 rings (SSSR count). The minimum Gasteiger partial charge on any atom is -0.495 e. The molecule has 1 aliphatic heterocycles. The Hall–Kier alpha value is -0.830. The van der Waals surface area contributed by atoms with Crippen molar-refractivity contribution in [2.45, 2.75) is 23.8 Å². The highest BCUT2D eigenvalue weighted by Gasteiger charge is 2.26. The molecule has 0 bridgehead atoms. The van der Waals surface area contributed by atoms with E-state index in [4.69, 9.17) is 9.47 Å². The van der Waals surface area contributed by atoms with E-state index in [1.165, 1.54) is 20.3 Å². The number of sulfonamides is 1. The van der Waals surface area contributed by atoms with Gasteiger partial charge in [0.2, 0.25) is 10.0 Å². The summed E-state index contributed by atoms with van der Waals surface area (Å²) in [5.74, 6) is 0.782. The van der Waals surface area contributed by atoms with Crippen molar-refractivity contribution in [2.24, 2.45) is 0 Å². The van der Waals surface area contributed by atoms with Gasteiger partial charge < -0.3 is 14.8 Å². The second-order valence-corrected chi connectivity index (χ2v) is 7.32. The zero-order chi connectivity index (χ0) is 15.5. The lowest BCUT2D eigenvalue weighted by molar-refractivity contribution is 0.383. The predicted molar refractivity (Wildman–Crippen MR) is 83.5 cm³/mol. The Labute approximate surface area is 133 Å². The van der Waals surface area contributed by atoms with Gasteiger partial charge in [-0.2, -0.15) is 0 Å². The summed E-state index contributed by atoms with van der Waals surface area (Å²) in [6.45, 7) is 1.63. The first-order valence-electron chi connectivity index (χ1n) is 6.62. The van der Waals surface area contributed by atoms with Crippen molar-refractivity contribution in [3.8, 4) is 11.5 Å². The van der Waals surface area contributed by atoms with Gasteiger partial charge in [0.1, 0.15) is 16.4 Å². The van der Waals surface area contributed by atoms with E-state index < -0.39 is 10.0 Å². The van der Waals surface area contributed by atoms with Crippen molar-refractivity contribution in [1.29, 1.82) is 0 Å². The van der Waals surface area contributed by atoms with Crippen LogP contribution in [0, 0.1) is 0 Å². The number of hydrogen-bond acceptors (Lipinski definition) is 5. The van der Waals surface area contributed by atoms with E-state index >= 15 is 0 Å². The summed E-state index contributed by atoms with van der Waals surface area (Å²) in [5.41, 5.74) is 0. The lowest BCUT2D eigenvalue weighted by atomic mass is 10.1. The Kier molecular flexibility index (Phi) is 5.48. The molecule has 6 nitrogen and oxygen atoms in total. The third kappa shape index (κ3) is 3.88. The van der Waals surface area contributed by atoms with Gasteiger partial charge in [-0.15, -0.1) is 0 Å². The number of hydrogen-bond donors (Lipinski definition) is 2. The largest absolute Gasteiger partial charge is 0.495 e. The van der Waals surface area contributed by atoms with Crippen LogP contribution < -0.4 is 19.5 Å². The van der Waals surface area contributed by atoms with E-state index in [-0.39, 0.29) is 16.7 Å². The first-order chi connectivity index (χ1) is 9.97. The lowest BCUT2D eigenvalue weighted by Crippen LogP contribution is -2.42. The van der Waals surface area contributed by atoms with Gasteiger partial charge in [-0.3, -0.25) is 0 Å². The van der Waals surface area contributed by atoms with Crippen LogP contribution in [0.5, 0.6) is 11.5 Å². The smallest absolute Gasteiger partial charge is 0.244 e. The standard InChI is InChI=1S/C13H19BrN2O4S/c1-19-11-8-12(20-2)13(7-10(11)14)21(17,18)16-9-3-5-15-6-4-9/h7-9,15-16H,3-6H2,1-2H3. The fourth-order valence-corrected chi connectivity index (χ4v) is 4.40. The number of rotatable bonds is 5. The van der Waals surface area contributed by atoms with Crippen LogP contribution in [0.2, 0.25) is 0 Å². The molecule has 21 heavy (non-hydrogen) atoms. The van der Waals surface area contributed by atoms with Crippen LogP contribution in [-0.4, -0.2) is 41.8 Å². The van der Waals surface area contributed by atoms with Gasteiger partial charge in [0.15, 0.2) is 0 Å². The number of benzene rings is 1. The van der Waals surface area contributed by atoms with Gasteiger partial charge in [-0.05, 0) is 47.9 Å². The maximum atomic E-state index is 12.6. The molecular weight excluding hydrogens is 360 g/mol. The third-order valence-electron chi connectivity index (χ3n) is 3.39. The van der Waals surface area contributed by atoms with E-state index in [2.05, 4.69) is 26.0 Å². The molecule has 1 saturated heterocycles. The molecule has 0 atom stereocenters. The van der Waals surface area contributed by atoms with Crippen LogP contribution in [0.4, 0.5) is 0 Å². The number of halogens is 1. The lowest BCUT2D eigenvalue weighted by Gasteiger charge is -2.24. The SMILES string of the molecule is COc1cc(OC)c(S(=O)(=O)NC2CCNCC2)cc1Br. The first-order valence-corrected chi connectivity index (χ1v) is 8.90. The fourth-order valence-electron chi connectivity index (χ4n) is 2.27. The number of ether oxygens (including phenoxy) is 2. The number of methoxy groups -OCH3 is 2. The molecule has 0 aliphatic carbocycles. The van der Waals surface area contributed by atoms with Gasteiger partial charge in [-0.1, -0.05) is 0 Å². The molecule has 0 amide bonds. The Morgan fingerprint density at radius 3 is 2.38 bits per heavy atom. The summed E-state index contributed by atoms with van der Waals surface area (Å²) in [5, 5.41) is 3.20. The molecule has 0 aromatic heterocycles. The minimum atomic E-state index is -3.64. The molecule has 0 spiro atoms. The van der Waals surface area contributed by atoms with Crippen molar-refractivity contribution < 1.29 is 17.9 Å². The zero-order valence-electron chi connectivity index (χ0n) is 12.0. The first kappa shape index (κ1) is 16.5. The summed E-state index contributed by atoms with van der Waals surface area (Å²) in [7, 11) is -0.687. The van der Waals surface area contributed by atoms with Crippen LogP contribution in [0.15, 0.2) is 21.5 Å². The van der Waals surface area contributed by atoms with Crippen molar-refractivity contribution in [3.05, 3.63) is 16.6 Å². The number of piperidine rings is 1. The highest BCUT2D eigenvalue weighted by Crippen LogP contribution is 2.35. The van der Waals surface area contributed by atoms with Gasteiger partial charge in [-0.25, -0.2) is 13.1 Å². The van der Waals surface area contributed by atoms with E-state index in [9.17, 15) is 8.42 Å². The van der Waals surface area contributed by atoms with Crippen LogP contribution in [0.1, 0.15) is 12.8 Å². The highest BCUT2D eigenvalue weighted by molar-refractivity contribution is 9.10. The fraction of sp³-hybridized carbons (Fsp3) is 0.538. The molecule has 1 fully saturated rings. The Morgan fingerprint density at radius 2 is 1.81 bits per heavy atom. The summed E-state index contributed by atoms with van der Waals surface area (Å²) < 4.78 is 38.8. The average Bonchev–Trinajstić information content (AvgIpc) is 2.47. The molecule has 1 heterocycles. The number of nitrogens with one attached hydrogen (secondary N) is 2. The summed E-state index contributed by atoms with van der Waals surface area (Å²) in [4.78, 5) is 0.108. The van der Waals surface area contributed by atoms with Crippen LogP contribution in [0.3, 0.4) is 0 Å². The Bertz CT molecular complexity index is 600. The monoisotopic (exact) mass is 378 g/mol. The summed E-state index contributed by atoms with van der Waals surface area (Å²) >= 11 is 3.31.